The second kappa shape index (κ2) is 4.33. The van der Waals surface area contributed by atoms with Crippen LogP contribution in [-0.2, 0) is 0 Å². The number of benzene rings is 2. The van der Waals surface area contributed by atoms with Gasteiger partial charge in [-0.3, -0.25) is 4.79 Å². The SMILES string of the molecule is O=C(NC1CCC1)c1c(O)ccc2ccccc12. The van der Waals surface area contributed by atoms with E-state index < -0.39 is 0 Å². The number of amides is 1. The standard InChI is InChI=1S/C15H15NO2/c17-13-9-8-10-4-1-2-7-12(10)14(13)15(18)16-11-5-3-6-11/h1-2,4,7-9,11,17H,3,5-6H2,(H,16,18). The van der Waals surface area contributed by atoms with Crippen LogP contribution in [-0.4, -0.2) is 17.1 Å². The lowest BCUT2D eigenvalue weighted by Gasteiger charge is -2.26. The van der Waals surface area contributed by atoms with Crippen molar-refractivity contribution in [2.45, 2.75) is 25.3 Å². The van der Waals surface area contributed by atoms with Crippen molar-refractivity contribution in [2.75, 3.05) is 0 Å². The fourth-order valence-corrected chi connectivity index (χ4v) is 2.31. The molecule has 2 aromatic carbocycles. The molecule has 0 radical (unpaired) electrons. The predicted octanol–water partition coefficient (Wildman–Crippen LogP) is 2.83. The molecule has 0 aliphatic heterocycles. The first-order valence-corrected chi connectivity index (χ1v) is 6.27. The molecule has 2 aromatic rings. The summed E-state index contributed by atoms with van der Waals surface area (Å²) >= 11 is 0. The summed E-state index contributed by atoms with van der Waals surface area (Å²) in [4.78, 5) is 12.2. The third kappa shape index (κ3) is 1.82. The van der Waals surface area contributed by atoms with E-state index in [2.05, 4.69) is 5.32 Å². The van der Waals surface area contributed by atoms with Gasteiger partial charge in [-0.2, -0.15) is 0 Å². The maximum atomic E-state index is 12.2. The first kappa shape index (κ1) is 11.1. The van der Waals surface area contributed by atoms with E-state index in [0.29, 0.717) is 5.56 Å². The zero-order valence-corrected chi connectivity index (χ0v) is 10.0. The lowest BCUT2D eigenvalue weighted by molar-refractivity contribution is 0.0916. The monoisotopic (exact) mass is 241 g/mol. The number of hydrogen-bond acceptors (Lipinski definition) is 2. The van der Waals surface area contributed by atoms with Crippen molar-refractivity contribution in [3.63, 3.8) is 0 Å². The molecule has 0 atom stereocenters. The van der Waals surface area contributed by atoms with Crippen LogP contribution in [0.3, 0.4) is 0 Å². The third-order valence-electron chi connectivity index (χ3n) is 3.57. The molecule has 1 amide bonds. The van der Waals surface area contributed by atoms with Crippen molar-refractivity contribution < 1.29 is 9.90 Å². The highest BCUT2D eigenvalue weighted by atomic mass is 16.3. The highest BCUT2D eigenvalue weighted by Crippen LogP contribution is 2.28. The maximum absolute atomic E-state index is 12.2. The van der Waals surface area contributed by atoms with Crippen LogP contribution in [0.4, 0.5) is 0 Å². The summed E-state index contributed by atoms with van der Waals surface area (Å²) in [5.74, 6) is -0.125. The quantitative estimate of drug-likeness (QED) is 0.849. The van der Waals surface area contributed by atoms with Crippen molar-refractivity contribution in [1.82, 2.24) is 5.32 Å². The van der Waals surface area contributed by atoms with Gasteiger partial charge in [-0.05, 0) is 36.1 Å². The van der Waals surface area contributed by atoms with Gasteiger partial charge in [-0.15, -0.1) is 0 Å². The first-order valence-electron chi connectivity index (χ1n) is 6.27. The smallest absolute Gasteiger partial charge is 0.255 e. The highest BCUT2D eigenvalue weighted by Gasteiger charge is 2.22. The van der Waals surface area contributed by atoms with Gasteiger partial charge >= 0.3 is 0 Å². The van der Waals surface area contributed by atoms with Crippen molar-refractivity contribution in [3.8, 4) is 5.75 Å². The van der Waals surface area contributed by atoms with Crippen LogP contribution in [0.1, 0.15) is 29.6 Å². The van der Waals surface area contributed by atoms with E-state index in [-0.39, 0.29) is 17.7 Å². The van der Waals surface area contributed by atoms with E-state index in [4.69, 9.17) is 0 Å². The van der Waals surface area contributed by atoms with Crippen LogP contribution >= 0.6 is 0 Å². The summed E-state index contributed by atoms with van der Waals surface area (Å²) in [7, 11) is 0. The fourth-order valence-electron chi connectivity index (χ4n) is 2.31. The maximum Gasteiger partial charge on any atom is 0.255 e. The number of carbonyl (C=O) groups is 1. The lowest BCUT2D eigenvalue weighted by atomic mass is 9.92. The van der Waals surface area contributed by atoms with Gasteiger partial charge in [0, 0.05) is 6.04 Å². The number of aromatic hydroxyl groups is 1. The topological polar surface area (TPSA) is 49.3 Å². The predicted molar refractivity (Wildman–Crippen MR) is 70.7 cm³/mol. The molecule has 1 saturated carbocycles. The number of nitrogens with one attached hydrogen (secondary N) is 1. The third-order valence-corrected chi connectivity index (χ3v) is 3.57. The molecule has 1 aliphatic rings. The van der Waals surface area contributed by atoms with E-state index in [1.807, 2.05) is 30.3 Å². The Balaban J connectivity index is 2.03. The molecule has 0 heterocycles. The highest BCUT2D eigenvalue weighted by molar-refractivity contribution is 6.09. The number of carbonyl (C=O) groups excluding carboxylic acids is 1. The van der Waals surface area contributed by atoms with Crippen LogP contribution in [0.5, 0.6) is 5.75 Å². The summed E-state index contributed by atoms with van der Waals surface area (Å²) in [6, 6.07) is 11.3. The van der Waals surface area contributed by atoms with Crippen LogP contribution in [0.25, 0.3) is 10.8 Å². The molecule has 3 heteroatoms. The fraction of sp³-hybridized carbons (Fsp3) is 0.267. The number of phenols is 1. The second-order valence-electron chi connectivity index (χ2n) is 4.78. The number of fused-ring (bicyclic) bond motifs is 1. The molecule has 3 rings (SSSR count). The number of phenolic OH excluding ortho intramolecular Hbond substituents is 1. The zero-order chi connectivity index (χ0) is 12.5. The molecule has 18 heavy (non-hydrogen) atoms. The lowest BCUT2D eigenvalue weighted by Crippen LogP contribution is -2.39. The number of hydrogen-bond donors (Lipinski definition) is 2. The van der Waals surface area contributed by atoms with Gasteiger partial charge in [0.1, 0.15) is 5.75 Å². The Kier molecular flexibility index (Phi) is 2.67. The van der Waals surface area contributed by atoms with Gasteiger partial charge in [0.25, 0.3) is 5.91 Å². The Morgan fingerprint density at radius 1 is 1.17 bits per heavy atom. The van der Waals surface area contributed by atoms with E-state index in [1.165, 1.54) is 6.42 Å². The van der Waals surface area contributed by atoms with Crippen molar-refractivity contribution in [1.29, 1.82) is 0 Å². The van der Waals surface area contributed by atoms with E-state index in [1.54, 1.807) is 6.07 Å². The molecule has 1 aliphatic carbocycles. The van der Waals surface area contributed by atoms with Crippen LogP contribution < -0.4 is 5.32 Å². The van der Waals surface area contributed by atoms with Crippen molar-refractivity contribution in [2.24, 2.45) is 0 Å². The first-order chi connectivity index (χ1) is 8.75. The minimum atomic E-state index is -0.172. The summed E-state index contributed by atoms with van der Waals surface area (Å²) in [5.41, 5.74) is 0.389. The Morgan fingerprint density at radius 2 is 1.94 bits per heavy atom. The Hall–Kier alpha value is -2.03. The molecular weight excluding hydrogens is 226 g/mol. The zero-order valence-electron chi connectivity index (χ0n) is 10.0. The summed E-state index contributed by atoms with van der Waals surface area (Å²) in [5, 5.41) is 14.7. The second-order valence-corrected chi connectivity index (χ2v) is 4.78. The summed E-state index contributed by atoms with van der Waals surface area (Å²) < 4.78 is 0. The van der Waals surface area contributed by atoms with Crippen molar-refractivity contribution in [3.05, 3.63) is 42.0 Å². The molecule has 0 spiro atoms. The molecule has 0 bridgehead atoms. The minimum Gasteiger partial charge on any atom is -0.507 e. The minimum absolute atomic E-state index is 0.0468. The molecule has 3 nitrogen and oxygen atoms in total. The Labute approximate surface area is 105 Å². The molecule has 0 saturated heterocycles. The normalized spacial score (nSPS) is 15.3. The van der Waals surface area contributed by atoms with Gasteiger partial charge < -0.3 is 10.4 Å². The van der Waals surface area contributed by atoms with Crippen LogP contribution in [0.2, 0.25) is 0 Å². The van der Waals surface area contributed by atoms with E-state index in [9.17, 15) is 9.90 Å². The van der Waals surface area contributed by atoms with E-state index >= 15 is 0 Å². The molecule has 0 unspecified atom stereocenters. The summed E-state index contributed by atoms with van der Waals surface area (Å²) in [6.45, 7) is 0. The average molecular weight is 241 g/mol. The van der Waals surface area contributed by atoms with Gasteiger partial charge in [0.05, 0.1) is 5.56 Å². The van der Waals surface area contributed by atoms with Gasteiger partial charge in [-0.1, -0.05) is 30.3 Å². The van der Waals surface area contributed by atoms with Gasteiger partial charge in [0.2, 0.25) is 0 Å². The van der Waals surface area contributed by atoms with Crippen LogP contribution in [0.15, 0.2) is 36.4 Å². The summed E-state index contributed by atoms with van der Waals surface area (Å²) in [6.07, 6.45) is 3.25. The molecular formula is C15H15NO2. The molecule has 2 N–H and O–H groups in total. The number of rotatable bonds is 2. The molecule has 0 aromatic heterocycles. The molecule has 1 fully saturated rings. The largest absolute Gasteiger partial charge is 0.507 e. The van der Waals surface area contributed by atoms with E-state index in [0.717, 1.165) is 23.6 Å². The Bertz CT molecular complexity index is 602. The molecule has 92 valence electrons. The van der Waals surface area contributed by atoms with Crippen LogP contribution in [0, 0.1) is 0 Å². The van der Waals surface area contributed by atoms with Crippen molar-refractivity contribution >= 4 is 16.7 Å². The average Bonchev–Trinajstić information content (AvgIpc) is 2.33. The van der Waals surface area contributed by atoms with Gasteiger partial charge in [0.15, 0.2) is 0 Å². The Morgan fingerprint density at radius 3 is 2.67 bits per heavy atom. The van der Waals surface area contributed by atoms with Gasteiger partial charge in [-0.25, -0.2) is 0 Å².